The maximum absolute atomic E-state index is 13.9. The summed E-state index contributed by atoms with van der Waals surface area (Å²) in [7, 11) is -3.59. The largest absolute Gasteiger partial charge is 0.349 e. The first kappa shape index (κ1) is 16.9. The van der Waals surface area contributed by atoms with Gasteiger partial charge < -0.3 is 10.6 Å². The number of rotatable bonds is 4. The van der Waals surface area contributed by atoms with Crippen LogP contribution in [0.4, 0.5) is 4.39 Å². The Kier molecular flexibility index (Phi) is 5.18. The van der Waals surface area contributed by atoms with E-state index in [2.05, 4.69) is 10.6 Å². The van der Waals surface area contributed by atoms with Crippen LogP contribution in [0.1, 0.15) is 31.4 Å². The van der Waals surface area contributed by atoms with Gasteiger partial charge in [-0.15, -0.1) is 0 Å². The van der Waals surface area contributed by atoms with Gasteiger partial charge in [0.25, 0.3) is 0 Å². The van der Waals surface area contributed by atoms with Crippen LogP contribution in [0.15, 0.2) is 23.1 Å². The maximum atomic E-state index is 13.9. The quantitative estimate of drug-likeness (QED) is 0.876. The molecule has 1 fully saturated rings. The lowest BCUT2D eigenvalue weighted by atomic mass is 9.98. The van der Waals surface area contributed by atoms with Crippen molar-refractivity contribution in [2.45, 2.75) is 30.7 Å². The van der Waals surface area contributed by atoms with Gasteiger partial charge in [0.15, 0.2) is 9.84 Å². The zero-order valence-electron chi connectivity index (χ0n) is 12.7. The molecule has 1 aromatic carbocycles. The van der Waals surface area contributed by atoms with Crippen molar-refractivity contribution in [1.82, 2.24) is 10.6 Å². The molecule has 2 rings (SSSR count). The monoisotopic (exact) mass is 328 g/mol. The van der Waals surface area contributed by atoms with E-state index in [1.165, 1.54) is 18.2 Å². The molecule has 0 spiro atoms. The molecule has 0 aliphatic carbocycles. The molecule has 2 N–H and O–H groups in total. The zero-order chi connectivity index (χ0) is 16.3. The molecule has 1 amide bonds. The van der Waals surface area contributed by atoms with Crippen LogP contribution in [0.3, 0.4) is 0 Å². The van der Waals surface area contributed by atoms with Crippen LogP contribution in [-0.4, -0.2) is 33.7 Å². The van der Waals surface area contributed by atoms with Gasteiger partial charge in [0.1, 0.15) is 10.7 Å². The van der Waals surface area contributed by atoms with Crippen LogP contribution in [0.2, 0.25) is 0 Å². The van der Waals surface area contributed by atoms with E-state index in [0.29, 0.717) is 12.1 Å². The fraction of sp³-hybridized carbons (Fsp3) is 0.533. The maximum Gasteiger partial charge on any atom is 0.224 e. The lowest BCUT2D eigenvalue weighted by molar-refractivity contribution is -0.126. The summed E-state index contributed by atoms with van der Waals surface area (Å²) in [6.45, 7) is 3.33. The highest BCUT2D eigenvalue weighted by Gasteiger charge is 2.23. The second-order valence-electron chi connectivity index (χ2n) is 5.74. The summed E-state index contributed by atoms with van der Waals surface area (Å²) in [5, 5.41) is 6.03. The highest BCUT2D eigenvalue weighted by molar-refractivity contribution is 7.90. The number of sulfone groups is 1. The summed E-state index contributed by atoms with van der Waals surface area (Å²) in [4.78, 5) is 11.8. The summed E-state index contributed by atoms with van der Waals surface area (Å²) < 4.78 is 36.7. The summed E-state index contributed by atoms with van der Waals surface area (Å²) in [6.07, 6.45) is 2.77. The highest BCUT2D eigenvalue weighted by atomic mass is 32.2. The number of carbonyl (C=O) groups excluding carboxylic acids is 1. The zero-order valence-corrected chi connectivity index (χ0v) is 13.5. The number of benzene rings is 1. The summed E-state index contributed by atoms with van der Waals surface area (Å²) >= 11 is 0. The van der Waals surface area contributed by atoms with Crippen molar-refractivity contribution < 1.29 is 17.6 Å². The minimum atomic E-state index is -3.59. The molecule has 0 saturated carbocycles. The van der Waals surface area contributed by atoms with Gasteiger partial charge in [-0.3, -0.25) is 4.79 Å². The van der Waals surface area contributed by atoms with E-state index in [-0.39, 0.29) is 22.8 Å². The van der Waals surface area contributed by atoms with E-state index >= 15 is 0 Å². The number of amides is 1. The smallest absolute Gasteiger partial charge is 0.224 e. The van der Waals surface area contributed by atoms with Crippen molar-refractivity contribution in [1.29, 1.82) is 0 Å². The molecule has 0 aromatic heterocycles. The normalized spacial score (nSPS) is 20.4. The Balaban J connectivity index is 2.08. The Morgan fingerprint density at radius 2 is 2.18 bits per heavy atom. The molecule has 1 heterocycles. The lowest BCUT2D eigenvalue weighted by Gasteiger charge is -2.24. The van der Waals surface area contributed by atoms with E-state index in [4.69, 9.17) is 0 Å². The minimum Gasteiger partial charge on any atom is -0.349 e. The number of halogens is 1. The van der Waals surface area contributed by atoms with Crippen molar-refractivity contribution in [3.63, 3.8) is 0 Å². The van der Waals surface area contributed by atoms with Crippen LogP contribution in [0.5, 0.6) is 0 Å². The fourth-order valence-corrected chi connectivity index (χ4v) is 3.31. The van der Waals surface area contributed by atoms with Gasteiger partial charge in [-0.05, 0) is 44.0 Å². The first-order chi connectivity index (χ1) is 10.3. The van der Waals surface area contributed by atoms with Crippen molar-refractivity contribution in [3.05, 3.63) is 29.6 Å². The third-order valence-electron chi connectivity index (χ3n) is 3.88. The van der Waals surface area contributed by atoms with Crippen LogP contribution >= 0.6 is 0 Å². The van der Waals surface area contributed by atoms with Crippen molar-refractivity contribution >= 4 is 15.7 Å². The average Bonchev–Trinajstić information content (AvgIpc) is 2.46. The van der Waals surface area contributed by atoms with Crippen molar-refractivity contribution in [3.8, 4) is 0 Å². The number of hydrogen-bond donors (Lipinski definition) is 2. The molecule has 122 valence electrons. The lowest BCUT2D eigenvalue weighted by Crippen LogP contribution is -2.41. The molecule has 2 atom stereocenters. The second-order valence-corrected chi connectivity index (χ2v) is 7.72. The van der Waals surface area contributed by atoms with E-state index in [0.717, 1.165) is 25.6 Å². The van der Waals surface area contributed by atoms with Crippen LogP contribution in [0, 0.1) is 11.7 Å². The number of piperidine rings is 1. The first-order valence-electron chi connectivity index (χ1n) is 7.29. The summed E-state index contributed by atoms with van der Waals surface area (Å²) in [6, 6.07) is 3.56. The van der Waals surface area contributed by atoms with Crippen LogP contribution in [-0.2, 0) is 14.6 Å². The van der Waals surface area contributed by atoms with E-state index in [1.807, 2.05) is 0 Å². The van der Waals surface area contributed by atoms with Gasteiger partial charge in [0.05, 0.1) is 12.0 Å². The van der Waals surface area contributed by atoms with E-state index < -0.39 is 15.7 Å². The molecule has 1 aliphatic rings. The molecular weight excluding hydrogens is 307 g/mol. The third kappa shape index (κ3) is 4.04. The Bertz CT molecular complexity index is 655. The van der Waals surface area contributed by atoms with Gasteiger partial charge in [-0.1, -0.05) is 6.07 Å². The molecular formula is C15H21FN2O3S. The van der Waals surface area contributed by atoms with Crippen LogP contribution in [0.25, 0.3) is 0 Å². The van der Waals surface area contributed by atoms with Gasteiger partial charge in [0, 0.05) is 12.8 Å². The van der Waals surface area contributed by atoms with Gasteiger partial charge in [0.2, 0.25) is 5.91 Å². The topological polar surface area (TPSA) is 75.3 Å². The Morgan fingerprint density at radius 1 is 1.45 bits per heavy atom. The Morgan fingerprint density at radius 3 is 2.73 bits per heavy atom. The number of hydrogen-bond acceptors (Lipinski definition) is 4. The second kappa shape index (κ2) is 6.75. The molecule has 1 aromatic rings. The molecule has 0 radical (unpaired) electrons. The average molecular weight is 328 g/mol. The number of nitrogens with one attached hydrogen (secondary N) is 2. The first-order valence-corrected chi connectivity index (χ1v) is 9.19. The predicted molar refractivity (Wildman–Crippen MR) is 81.7 cm³/mol. The Hall–Kier alpha value is -1.47. The standard InChI is InChI=1S/C15H21FN2O3S/c1-10(18-15(19)12-4-3-7-17-9-12)11-5-6-14(13(16)8-11)22(2,20)21/h5-6,8,10,12,17H,3-4,7,9H2,1-2H3,(H,18,19). The fourth-order valence-electron chi connectivity index (χ4n) is 2.58. The Labute approximate surface area is 130 Å². The van der Waals surface area contributed by atoms with Gasteiger partial charge in [-0.25, -0.2) is 12.8 Å². The highest BCUT2D eigenvalue weighted by Crippen LogP contribution is 2.21. The minimum absolute atomic E-state index is 0.0627. The molecule has 2 unspecified atom stereocenters. The summed E-state index contributed by atoms with van der Waals surface area (Å²) in [5.41, 5.74) is 0.544. The predicted octanol–water partition coefficient (Wildman–Crippen LogP) is 1.41. The summed E-state index contributed by atoms with van der Waals surface area (Å²) in [5.74, 6) is -0.927. The van der Waals surface area contributed by atoms with Gasteiger partial charge >= 0.3 is 0 Å². The molecule has 1 saturated heterocycles. The number of carbonyl (C=O) groups is 1. The molecule has 5 nitrogen and oxygen atoms in total. The van der Waals surface area contributed by atoms with Crippen molar-refractivity contribution in [2.24, 2.45) is 5.92 Å². The molecule has 0 bridgehead atoms. The molecule has 7 heteroatoms. The molecule has 1 aliphatic heterocycles. The van der Waals surface area contributed by atoms with Crippen LogP contribution < -0.4 is 10.6 Å². The van der Waals surface area contributed by atoms with Crippen molar-refractivity contribution in [2.75, 3.05) is 19.3 Å². The third-order valence-corrected chi connectivity index (χ3v) is 5.01. The van der Waals surface area contributed by atoms with E-state index in [1.54, 1.807) is 6.92 Å². The van der Waals surface area contributed by atoms with Gasteiger partial charge in [-0.2, -0.15) is 0 Å². The molecule has 22 heavy (non-hydrogen) atoms. The SMILES string of the molecule is CC(NC(=O)C1CCCNC1)c1ccc(S(C)(=O)=O)c(F)c1. The van der Waals surface area contributed by atoms with E-state index in [9.17, 15) is 17.6 Å².